The van der Waals surface area contributed by atoms with Crippen molar-refractivity contribution in [3.8, 4) is 0 Å². The summed E-state index contributed by atoms with van der Waals surface area (Å²) in [7, 11) is 0. The lowest BCUT2D eigenvalue weighted by molar-refractivity contribution is 0.248. The molecule has 17 heavy (non-hydrogen) atoms. The first kappa shape index (κ1) is 11.8. The maximum absolute atomic E-state index is 9.31. The van der Waals surface area contributed by atoms with Crippen molar-refractivity contribution in [2.24, 2.45) is 5.92 Å². The fraction of sp³-hybridized carbons (Fsp3) is 0.545. The van der Waals surface area contributed by atoms with Crippen LogP contribution in [0.3, 0.4) is 0 Å². The van der Waals surface area contributed by atoms with Gasteiger partial charge in [-0.3, -0.25) is 0 Å². The van der Waals surface area contributed by atoms with Crippen LogP contribution in [0.4, 0.5) is 5.95 Å². The van der Waals surface area contributed by atoms with E-state index in [1.54, 1.807) is 10.7 Å². The molecule has 6 nitrogen and oxygen atoms in total. The van der Waals surface area contributed by atoms with Gasteiger partial charge < -0.3 is 10.4 Å². The van der Waals surface area contributed by atoms with E-state index < -0.39 is 0 Å². The van der Waals surface area contributed by atoms with Crippen molar-refractivity contribution in [1.82, 2.24) is 19.6 Å². The maximum Gasteiger partial charge on any atom is 0.227 e. The Morgan fingerprint density at radius 1 is 1.41 bits per heavy atom. The molecule has 2 aromatic heterocycles. The van der Waals surface area contributed by atoms with Crippen molar-refractivity contribution in [2.45, 2.75) is 26.8 Å². The predicted molar refractivity (Wildman–Crippen MR) is 64.9 cm³/mol. The Morgan fingerprint density at radius 3 is 2.82 bits per heavy atom. The van der Waals surface area contributed by atoms with E-state index in [2.05, 4.69) is 20.4 Å². The lowest BCUT2D eigenvalue weighted by Crippen LogP contribution is -2.31. The number of nitrogens with zero attached hydrogens (tertiary/aromatic N) is 4. The van der Waals surface area contributed by atoms with Crippen LogP contribution in [0.15, 0.2) is 12.3 Å². The molecule has 6 heteroatoms. The van der Waals surface area contributed by atoms with Gasteiger partial charge in [-0.15, -0.1) is 0 Å². The van der Waals surface area contributed by atoms with Gasteiger partial charge in [-0.05, 0) is 12.8 Å². The highest BCUT2D eigenvalue weighted by molar-refractivity contribution is 5.43. The minimum absolute atomic E-state index is 0.0447. The predicted octanol–water partition coefficient (Wildman–Crippen LogP) is 0.862. The van der Waals surface area contributed by atoms with Gasteiger partial charge in [0.15, 0.2) is 5.65 Å². The van der Waals surface area contributed by atoms with E-state index in [1.807, 2.05) is 26.8 Å². The molecule has 0 aliphatic heterocycles. The van der Waals surface area contributed by atoms with Gasteiger partial charge in [-0.2, -0.15) is 14.6 Å². The first-order chi connectivity index (χ1) is 8.11. The van der Waals surface area contributed by atoms with E-state index >= 15 is 0 Å². The molecule has 2 N–H and O–H groups in total. The second kappa shape index (κ2) is 4.67. The lowest BCUT2D eigenvalue weighted by Gasteiger charge is -2.20. The van der Waals surface area contributed by atoms with Crippen molar-refractivity contribution < 1.29 is 5.11 Å². The zero-order valence-corrected chi connectivity index (χ0v) is 10.3. The number of rotatable bonds is 4. The van der Waals surface area contributed by atoms with Crippen LogP contribution in [-0.2, 0) is 0 Å². The van der Waals surface area contributed by atoms with Crippen LogP contribution in [0.2, 0.25) is 0 Å². The smallest absolute Gasteiger partial charge is 0.227 e. The highest BCUT2D eigenvalue weighted by Crippen LogP contribution is 2.12. The minimum Gasteiger partial charge on any atom is -0.394 e. The Balaban J connectivity index is 2.37. The molecular formula is C11H17N5O. The molecule has 0 saturated heterocycles. The molecule has 92 valence electrons. The lowest BCUT2D eigenvalue weighted by atomic mass is 10.1. The van der Waals surface area contributed by atoms with Crippen molar-refractivity contribution in [1.29, 1.82) is 0 Å². The van der Waals surface area contributed by atoms with Gasteiger partial charge in [0.05, 0.1) is 18.8 Å². The number of hydrogen-bond acceptors (Lipinski definition) is 5. The molecule has 0 aromatic carbocycles. The average Bonchev–Trinajstić information content (AvgIpc) is 2.72. The largest absolute Gasteiger partial charge is 0.394 e. The number of anilines is 1. The van der Waals surface area contributed by atoms with E-state index in [1.165, 1.54) is 0 Å². The van der Waals surface area contributed by atoms with Crippen molar-refractivity contribution >= 4 is 11.6 Å². The van der Waals surface area contributed by atoms with Gasteiger partial charge in [0, 0.05) is 6.07 Å². The number of aliphatic hydroxyl groups is 1. The summed E-state index contributed by atoms with van der Waals surface area (Å²) in [6.07, 6.45) is 1.68. The number of nitrogens with one attached hydrogen (secondary N) is 1. The first-order valence-electron chi connectivity index (χ1n) is 5.67. The molecule has 2 aromatic rings. The molecule has 0 saturated carbocycles. The number of aliphatic hydroxyl groups excluding tert-OH is 1. The van der Waals surface area contributed by atoms with Crippen LogP contribution in [0.25, 0.3) is 5.65 Å². The molecule has 1 atom stereocenters. The van der Waals surface area contributed by atoms with Crippen LogP contribution in [0.5, 0.6) is 0 Å². The molecule has 0 bridgehead atoms. The Kier molecular flexibility index (Phi) is 3.23. The summed E-state index contributed by atoms with van der Waals surface area (Å²) in [6, 6.07) is 1.78. The topological polar surface area (TPSA) is 75.3 Å². The average molecular weight is 235 g/mol. The van der Waals surface area contributed by atoms with Gasteiger partial charge in [0.25, 0.3) is 0 Å². The van der Waals surface area contributed by atoms with Gasteiger partial charge in [-0.1, -0.05) is 13.8 Å². The second-order valence-corrected chi connectivity index (χ2v) is 4.37. The molecule has 2 heterocycles. The van der Waals surface area contributed by atoms with Crippen LogP contribution in [0.1, 0.15) is 19.7 Å². The SMILES string of the molecule is Cc1nc(NC(CO)C(C)C)n2nccc2n1. The Bertz CT molecular complexity index is 508. The number of aromatic nitrogens is 4. The van der Waals surface area contributed by atoms with Crippen LogP contribution < -0.4 is 5.32 Å². The number of fused-ring (bicyclic) bond motifs is 1. The van der Waals surface area contributed by atoms with E-state index in [4.69, 9.17) is 0 Å². The molecule has 0 spiro atoms. The molecule has 0 aliphatic rings. The zero-order valence-electron chi connectivity index (χ0n) is 10.3. The monoisotopic (exact) mass is 235 g/mol. The quantitative estimate of drug-likeness (QED) is 0.822. The fourth-order valence-corrected chi connectivity index (χ4v) is 1.62. The van der Waals surface area contributed by atoms with Crippen molar-refractivity contribution in [3.63, 3.8) is 0 Å². The summed E-state index contributed by atoms with van der Waals surface area (Å²) < 4.78 is 1.64. The first-order valence-corrected chi connectivity index (χ1v) is 5.67. The Morgan fingerprint density at radius 2 is 2.18 bits per heavy atom. The van der Waals surface area contributed by atoms with Crippen molar-refractivity contribution in [3.05, 3.63) is 18.1 Å². The van der Waals surface area contributed by atoms with Gasteiger partial charge in [-0.25, -0.2) is 4.98 Å². The van der Waals surface area contributed by atoms with E-state index in [0.717, 1.165) is 5.65 Å². The van der Waals surface area contributed by atoms with Crippen LogP contribution in [0, 0.1) is 12.8 Å². The second-order valence-electron chi connectivity index (χ2n) is 4.37. The number of aryl methyl sites for hydroxylation is 1. The molecule has 0 radical (unpaired) electrons. The minimum atomic E-state index is -0.0447. The normalized spacial score (nSPS) is 13.2. The van der Waals surface area contributed by atoms with E-state index in [0.29, 0.717) is 17.7 Å². The third-order valence-corrected chi connectivity index (χ3v) is 2.68. The maximum atomic E-state index is 9.31. The Hall–Kier alpha value is -1.69. The fourth-order valence-electron chi connectivity index (χ4n) is 1.62. The summed E-state index contributed by atoms with van der Waals surface area (Å²) in [6.45, 7) is 5.98. The molecule has 0 fully saturated rings. The molecule has 2 rings (SSSR count). The van der Waals surface area contributed by atoms with E-state index in [-0.39, 0.29) is 12.6 Å². The molecule has 1 unspecified atom stereocenters. The standard InChI is InChI=1S/C11H17N5O/c1-7(2)9(6-17)15-11-14-8(3)13-10-4-5-12-16(10)11/h4-5,7,9,17H,6H2,1-3H3,(H,13,14,15). The van der Waals surface area contributed by atoms with Gasteiger partial charge in [0.1, 0.15) is 5.82 Å². The Labute approximate surface area is 99.7 Å². The summed E-state index contributed by atoms with van der Waals surface area (Å²) in [5, 5.41) is 16.7. The summed E-state index contributed by atoms with van der Waals surface area (Å²) in [5.41, 5.74) is 0.750. The van der Waals surface area contributed by atoms with Gasteiger partial charge >= 0.3 is 0 Å². The summed E-state index contributed by atoms with van der Waals surface area (Å²) in [5.74, 6) is 1.60. The molecule has 0 amide bonds. The zero-order chi connectivity index (χ0) is 12.4. The summed E-state index contributed by atoms with van der Waals surface area (Å²) in [4.78, 5) is 8.57. The van der Waals surface area contributed by atoms with E-state index in [9.17, 15) is 5.11 Å². The third-order valence-electron chi connectivity index (χ3n) is 2.68. The van der Waals surface area contributed by atoms with Crippen molar-refractivity contribution in [2.75, 3.05) is 11.9 Å². The van der Waals surface area contributed by atoms with Crippen LogP contribution >= 0.6 is 0 Å². The highest BCUT2D eigenvalue weighted by atomic mass is 16.3. The highest BCUT2D eigenvalue weighted by Gasteiger charge is 2.15. The molecular weight excluding hydrogens is 218 g/mol. The summed E-state index contributed by atoms with van der Waals surface area (Å²) >= 11 is 0. The number of hydrogen-bond donors (Lipinski definition) is 2. The third kappa shape index (κ3) is 2.36. The molecule has 0 aliphatic carbocycles. The van der Waals surface area contributed by atoms with Gasteiger partial charge in [0.2, 0.25) is 5.95 Å². The van der Waals surface area contributed by atoms with Crippen LogP contribution in [-0.4, -0.2) is 37.3 Å².